The van der Waals surface area contributed by atoms with E-state index < -0.39 is 5.60 Å². The van der Waals surface area contributed by atoms with E-state index in [-0.39, 0.29) is 6.09 Å². The molecule has 0 aliphatic carbocycles. The minimum Gasteiger partial charge on any atom is -0.444 e. The maximum Gasteiger partial charge on any atom is 0.410 e. The van der Waals surface area contributed by atoms with Crippen molar-refractivity contribution in [3.8, 4) is 11.1 Å². The second-order valence-electron chi connectivity index (χ2n) is 10.1. The summed E-state index contributed by atoms with van der Waals surface area (Å²) >= 11 is 0. The van der Waals surface area contributed by atoms with Crippen molar-refractivity contribution in [1.29, 1.82) is 0 Å². The third-order valence-electron chi connectivity index (χ3n) is 6.59. The van der Waals surface area contributed by atoms with Crippen LogP contribution in [0.5, 0.6) is 0 Å². The van der Waals surface area contributed by atoms with E-state index in [1.54, 1.807) is 0 Å². The van der Waals surface area contributed by atoms with Gasteiger partial charge >= 0.3 is 6.09 Å². The van der Waals surface area contributed by atoms with Crippen LogP contribution in [0.15, 0.2) is 78.9 Å². The molecular formula is C30H31NO2. The first-order valence-corrected chi connectivity index (χ1v) is 11.9. The van der Waals surface area contributed by atoms with Crippen molar-refractivity contribution in [2.45, 2.75) is 45.1 Å². The lowest BCUT2D eigenvalue weighted by Crippen LogP contribution is -2.41. The Hall–Kier alpha value is -3.33. The zero-order valence-electron chi connectivity index (χ0n) is 19.7. The third-order valence-corrected chi connectivity index (χ3v) is 6.59. The number of benzene rings is 4. The number of amides is 1. The van der Waals surface area contributed by atoms with Crippen LogP contribution in [0.4, 0.5) is 4.79 Å². The van der Waals surface area contributed by atoms with E-state index in [9.17, 15) is 4.79 Å². The van der Waals surface area contributed by atoms with Gasteiger partial charge in [0.05, 0.1) is 0 Å². The molecule has 1 amide bonds. The molecule has 0 saturated carbocycles. The summed E-state index contributed by atoms with van der Waals surface area (Å²) in [5.74, 6) is 0.474. The number of fused-ring (bicyclic) bond motifs is 2. The molecule has 168 valence electrons. The zero-order valence-corrected chi connectivity index (χ0v) is 19.7. The van der Waals surface area contributed by atoms with E-state index in [0.717, 1.165) is 25.9 Å². The summed E-state index contributed by atoms with van der Waals surface area (Å²) < 4.78 is 5.54. The average Bonchev–Trinajstić information content (AvgIpc) is 2.82. The highest BCUT2D eigenvalue weighted by atomic mass is 16.6. The molecule has 0 radical (unpaired) electrons. The van der Waals surface area contributed by atoms with Gasteiger partial charge in [0.25, 0.3) is 0 Å². The maximum absolute atomic E-state index is 12.4. The summed E-state index contributed by atoms with van der Waals surface area (Å²) in [4.78, 5) is 14.2. The van der Waals surface area contributed by atoms with Gasteiger partial charge in [0.2, 0.25) is 0 Å². The quantitative estimate of drug-likeness (QED) is 0.300. The molecule has 1 saturated heterocycles. The van der Waals surface area contributed by atoms with Crippen molar-refractivity contribution in [2.75, 3.05) is 13.1 Å². The Balaban J connectivity index is 1.39. The summed E-state index contributed by atoms with van der Waals surface area (Å²) in [6, 6.07) is 28.6. The van der Waals surface area contributed by atoms with E-state index in [0.29, 0.717) is 5.92 Å². The van der Waals surface area contributed by atoms with Crippen LogP contribution >= 0.6 is 0 Å². The summed E-state index contributed by atoms with van der Waals surface area (Å²) in [6.07, 6.45) is 1.74. The first kappa shape index (κ1) is 21.5. The van der Waals surface area contributed by atoms with Gasteiger partial charge in [0.1, 0.15) is 5.60 Å². The largest absolute Gasteiger partial charge is 0.444 e. The number of likely N-dealkylation sites (tertiary alicyclic amines) is 1. The number of hydrogen-bond donors (Lipinski definition) is 0. The van der Waals surface area contributed by atoms with Crippen molar-refractivity contribution in [2.24, 2.45) is 0 Å². The Morgan fingerprint density at radius 3 is 1.91 bits per heavy atom. The van der Waals surface area contributed by atoms with Crippen LogP contribution in [0, 0.1) is 0 Å². The number of hydrogen-bond acceptors (Lipinski definition) is 2. The fraction of sp³-hybridized carbons (Fsp3) is 0.300. The second-order valence-corrected chi connectivity index (χ2v) is 10.1. The lowest BCUT2D eigenvalue weighted by atomic mass is 9.87. The average molecular weight is 438 g/mol. The minimum absolute atomic E-state index is 0.195. The lowest BCUT2D eigenvalue weighted by Gasteiger charge is -2.33. The van der Waals surface area contributed by atoms with Crippen molar-refractivity contribution >= 4 is 27.6 Å². The molecule has 0 bridgehead atoms. The van der Waals surface area contributed by atoms with E-state index in [4.69, 9.17) is 4.74 Å². The zero-order chi connectivity index (χ0) is 23.0. The molecule has 3 heteroatoms. The van der Waals surface area contributed by atoms with Gasteiger partial charge in [-0.25, -0.2) is 4.79 Å². The SMILES string of the molecule is CC(C)(C)OC(=O)N1CCC(c2ccc(-c3c4ccccc4cc4ccccc34)cc2)CC1. The normalized spacial score (nSPS) is 15.2. The predicted octanol–water partition coefficient (Wildman–Crippen LogP) is 7.77. The monoisotopic (exact) mass is 437 g/mol. The molecular weight excluding hydrogens is 406 g/mol. The predicted molar refractivity (Wildman–Crippen MR) is 137 cm³/mol. The van der Waals surface area contributed by atoms with Crippen molar-refractivity contribution in [3.63, 3.8) is 0 Å². The minimum atomic E-state index is -0.449. The van der Waals surface area contributed by atoms with Crippen LogP contribution in [0.3, 0.4) is 0 Å². The topological polar surface area (TPSA) is 29.5 Å². The van der Waals surface area contributed by atoms with Gasteiger partial charge < -0.3 is 9.64 Å². The highest BCUT2D eigenvalue weighted by Crippen LogP contribution is 2.37. The Morgan fingerprint density at radius 2 is 1.36 bits per heavy atom. The number of nitrogens with zero attached hydrogens (tertiary/aromatic N) is 1. The van der Waals surface area contributed by atoms with E-state index in [1.165, 1.54) is 38.2 Å². The third kappa shape index (κ3) is 4.45. The van der Waals surface area contributed by atoms with E-state index >= 15 is 0 Å². The van der Waals surface area contributed by atoms with Crippen LogP contribution in [0.2, 0.25) is 0 Å². The van der Waals surface area contributed by atoms with E-state index in [1.807, 2.05) is 25.7 Å². The molecule has 3 nitrogen and oxygen atoms in total. The van der Waals surface area contributed by atoms with Crippen LogP contribution in [-0.2, 0) is 4.74 Å². The van der Waals surface area contributed by atoms with Crippen molar-refractivity contribution in [1.82, 2.24) is 4.90 Å². The molecule has 1 fully saturated rings. The number of ether oxygens (including phenoxy) is 1. The van der Waals surface area contributed by atoms with Crippen molar-refractivity contribution < 1.29 is 9.53 Å². The van der Waals surface area contributed by atoms with Crippen molar-refractivity contribution in [3.05, 3.63) is 84.4 Å². The van der Waals surface area contributed by atoms with Gasteiger partial charge in [-0.1, -0.05) is 72.8 Å². The molecule has 4 aromatic carbocycles. The fourth-order valence-electron chi connectivity index (χ4n) is 4.97. The highest BCUT2D eigenvalue weighted by Gasteiger charge is 2.27. The molecule has 0 unspecified atom stereocenters. The molecule has 0 atom stereocenters. The summed E-state index contributed by atoms with van der Waals surface area (Å²) in [6.45, 7) is 7.24. The Bertz CT molecular complexity index is 1240. The molecule has 33 heavy (non-hydrogen) atoms. The first-order valence-electron chi connectivity index (χ1n) is 11.9. The number of carbonyl (C=O) groups excluding carboxylic acids is 1. The number of piperidine rings is 1. The maximum atomic E-state index is 12.4. The Labute approximate surface area is 196 Å². The molecule has 5 rings (SSSR count). The van der Waals surface area contributed by atoms with Gasteiger partial charge in [-0.2, -0.15) is 0 Å². The first-order chi connectivity index (χ1) is 15.9. The molecule has 1 aliphatic rings. The smallest absolute Gasteiger partial charge is 0.410 e. The van der Waals surface area contributed by atoms with E-state index in [2.05, 4.69) is 78.9 Å². The molecule has 1 heterocycles. The van der Waals surface area contributed by atoms with Gasteiger partial charge in [-0.15, -0.1) is 0 Å². The fourth-order valence-corrected chi connectivity index (χ4v) is 4.97. The Morgan fingerprint density at radius 1 is 0.818 bits per heavy atom. The molecule has 0 N–H and O–H groups in total. The van der Waals surface area contributed by atoms with Gasteiger partial charge in [0.15, 0.2) is 0 Å². The van der Waals surface area contributed by atoms with Gasteiger partial charge in [-0.05, 0) is 83.8 Å². The molecule has 0 aromatic heterocycles. The summed E-state index contributed by atoms with van der Waals surface area (Å²) in [7, 11) is 0. The van der Waals surface area contributed by atoms with Crippen LogP contribution in [0.25, 0.3) is 32.7 Å². The van der Waals surface area contributed by atoms with Gasteiger partial charge in [0, 0.05) is 13.1 Å². The van der Waals surface area contributed by atoms with Crippen LogP contribution < -0.4 is 0 Å². The molecule has 1 aliphatic heterocycles. The summed E-state index contributed by atoms with van der Waals surface area (Å²) in [5, 5.41) is 5.11. The highest BCUT2D eigenvalue weighted by molar-refractivity contribution is 6.12. The van der Waals surface area contributed by atoms with Gasteiger partial charge in [-0.3, -0.25) is 0 Å². The molecule has 4 aromatic rings. The number of rotatable bonds is 2. The second kappa shape index (κ2) is 8.55. The summed E-state index contributed by atoms with van der Waals surface area (Å²) in [5.41, 5.74) is 3.45. The Kier molecular flexibility index (Phi) is 5.57. The standard InChI is InChI=1S/C30H31NO2/c1-30(2,3)33-29(32)31-18-16-22(17-19-31)21-12-14-23(15-13-21)28-26-10-6-4-8-24(26)20-25-9-5-7-11-27(25)28/h4-15,20,22H,16-19H2,1-3H3. The van der Waals surface area contributed by atoms with Crippen LogP contribution in [-0.4, -0.2) is 29.7 Å². The molecule has 0 spiro atoms. The van der Waals surface area contributed by atoms with Crippen LogP contribution in [0.1, 0.15) is 45.1 Å². The lowest BCUT2D eigenvalue weighted by molar-refractivity contribution is 0.0205. The number of carbonyl (C=O) groups is 1.